The highest BCUT2D eigenvalue weighted by molar-refractivity contribution is 7.98. The molecular formula is C22H18N2OS. The molecule has 128 valence electrons. The monoisotopic (exact) mass is 358 g/mol. The average molecular weight is 358 g/mol. The van der Waals surface area contributed by atoms with Gasteiger partial charge in [0.15, 0.2) is 0 Å². The molecule has 0 fully saturated rings. The minimum Gasteiger partial charge on any atom is -0.322 e. The lowest BCUT2D eigenvalue weighted by Gasteiger charge is -2.10. The molecule has 1 N–H and O–H groups in total. The van der Waals surface area contributed by atoms with Gasteiger partial charge in [0.25, 0.3) is 5.91 Å². The van der Waals surface area contributed by atoms with E-state index in [9.17, 15) is 4.79 Å². The molecule has 4 heteroatoms. The Kier molecular flexibility index (Phi) is 5.73. The van der Waals surface area contributed by atoms with Crippen LogP contribution in [0, 0.1) is 18.3 Å². The summed E-state index contributed by atoms with van der Waals surface area (Å²) in [6.07, 6.45) is 0. The van der Waals surface area contributed by atoms with Gasteiger partial charge in [-0.1, -0.05) is 42.0 Å². The van der Waals surface area contributed by atoms with Gasteiger partial charge in [0.1, 0.15) is 0 Å². The number of hydrogen-bond acceptors (Lipinski definition) is 3. The Morgan fingerprint density at radius 2 is 1.69 bits per heavy atom. The highest BCUT2D eigenvalue weighted by Crippen LogP contribution is 2.27. The van der Waals surface area contributed by atoms with Crippen LogP contribution in [0.3, 0.4) is 0 Å². The Balaban J connectivity index is 1.71. The number of rotatable bonds is 5. The fourth-order valence-electron chi connectivity index (χ4n) is 2.45. The van der Waals surface area contributed by atoms with Crippen LogP contribution in [0.15, 0.2) is 77.7 Å². The third-order valence-corrected chi connectivity index (χ3v) is 5.06. The molecule has 0 saturated carbocycles. The molecule has 1 amide bonds. The predicted molar refractivity (Wildman–Crippen MR) is 106 cm³/mol. The van der Waals surface area contributed by atoms with Crippen molar-refractivity contribution in [2.75, 3.05) is 5.32 Å². The molecule has 3 nitrogen and oxygen atoms in total. The van der Waals surface area contributed by atoms with Crippen LogP contribution in [0.1, 0.15) is 27.0 Å². The molecule has 0 heterocycles. The number of nitriles is 1. The molecule has 0 aliphatic carbocycles. The Hall–Kier alpha value is -3.03. The van der Waals surface area contributed by atoms with Gasteiger partial charge in [-0.15, -0.1) is 11.8 Å². The summed E-state index contributed by atoms with van der Waals surface area (Å²) in [6.45, 7) is 2.01. The zero-order valence-corrected chi connectivity index (χ0v) is 15.2. The molecule has 0 radical (unpaired) electrons. The second-order valence-electron chi connectivity index (χ2n) is 5.91. The number of aryl methyl sites for hydroxylation is 1. The smallest absolute Gasteiger partial charge is 0.256 e. The van der Waals surface area contributed by atoms with E-state index >= 15 is 0 Å². The molecule has 0 unspecified atom stereocenters. The number of benzene rings is 3. The lowest BCUT2D eigenvalue weighted by molar-refractivity contribution is 0.102. The van der Waals surface area contributed by atoms with E-state index in [4.69, 9.17) is 5.26 Å². The Morgan fingerprint density at radius 3 is 2.38 bits per heavy atom. The van der Waals surface area contributed by atoms with Gasteiger partial charge in [-0.3, -0.25) is 4.79 Å². The molecule has 0 spiro atoms. The lowest BCUT2D eigenvalue weighted by atomic mass is 10.2. The Labute approximate surface area is 157 Å². The van der Waals surface area contributed by atoms with E-state index in [1.54, 1.807) is 11.8 Å². The Morgan fingerprint density at radius 1 is 1.00 bits per heavy atom. The van der Waals surface area contributed by atoms with E-state index in [2.05, 4.69) is 11.4 Å². The third-order valence-electron chi connectivity index (χ3n) is 3.92. The molecule has 0 atom stereocenters. The molecular weight excluding hydrogens is 340 g/mol. The maximum absolute atomic E-state index is 12.7. The van der Waals surface area contributed by atoms with Crippen molar-refractivity contribution in [2.24, 2.45) is 0 Å². The first-order chi connectivity index (χ1) is 12.7. The van der Waals surface area contributed by atoms with Gasteiger partial charge in [-0.2, -0.15) is 5.26 Å². The summed E-state index contributed by atoms with van der Waals surface area (Å²) in [5.41, 5.74) is 4.36. The van der Waals surface area contributed by atoms with Crippen molar-refractivity contribution in [2.45, 2.75) is 17.6 Å². The average Bonchev–Trinajstić information content (AvgIpc) is 2.68. The molecule has 0 bridgehead atoms. The fraction of sp³-hybridized carbons (Fsp3) is 0.0909. The number of carbonyl (C=O) groups excluding carboxylic acids is 1. The van der Waals surface area contributed by atoms with E-state index in [1.165, 1.54) is 0 Å². The number of thioether (sulfide) groups is 1. The Bertz CT molecular complexity index is 941. The summed E-state index contributed by atoms with van der Waals surface area (Å²) in [5, 5.41) is 11.8. The van der Waals surface area contributed by atoms with E-state index in [0.29, 0.717) is 11.1 Å². The van der Waals surface area contributed by atoms with Gasteiger partial charge in [-0.25, -0.2) is 0 Å². The van der Waals surface area contributed by atoms with Gasteiger partial charge in [0.05, 0.1) is 17.2 Å². The number of nitrogens with one attached hydrogen (secondary N) is 1. The van der Waals surface area contributed by atoms with Crippen molar-refractivity contribution < 1.29 is 4.79 Å². The predicted octanol–water partition coefficient (Wildman–Crippen LogP) is 5.41. The van der Waals surface area contributed by atoms with E-state index in [0.717, 1.165) is 27.5 Å². The van der Waals surface area contributed by atoms with Crippen LogP contribution < -0.4 is 5.32 Å². The number of amides is 1. The highest BCUT2D eigenvalue weighted by atomic mass is 32.2. The molecule has 26 heavy (non-hydrogen) atoms. The maximum atomic E-state index is 12.7. The molecule has 0 saturated heterocycles. The fourth-order valence-corrected chi connectivity index (χ4v) is 3.46. The second kappa shape index (κ2) is 8.37. The standard InChI is InChI=1S/C22H18N2OS/c1-16-6-12-19(13-7-16)24-22(25)20-4-2-3-5-21(20)26-15-18-10-8-17(14-23)9-11-18/h2-13H,15H2,1H3,(H,24,25). The van der Waals surface area contributed by atoms with Crippen molar-refractivity contribution >= 4 is 23.4 Å². The van der Waals surface area contributed by atoms with Crippen molar-refractivity contribution in [3.05, 3.63) is 95.1 Å². The molecule has 3 rings (SSSR count). The van der Waals surface area contributed by atoms with Crippen LogP contribution in [0.2, 0.25) is 0 Å². The van der Waals surface area contributed by atoms with Crippen LogP contribution in [-0.4, -0.2) is 5.91 Å². The summed E-state index contributed by atoms with van der Waals surface area (Å²) >= 11 is 1.61. The largest absolute Gasteiger partial charge is 0.322 e. The van der Waals surface area contributed by atoms with Crippen molar-refractivity contribution in [3.8, 4) is 6.07 Å². The SMILES string of the molecule is Cc1ccc(NC(=O)c2ccccc2SCc2ccc(C#N)cc2)cc1. The third kappa shape index (κ3) is 4.53. The highest BCUT2D eigenvalue weighted by Gasteiger charge is 2.12. The number of anilines is 1. The van der Waals surface area contributed by atoms with Gasteiger partial charge in [0, 0.05) is 16.3 Å². The van der Waals surface area contributed by atoms with Crippen molar-refractivity contribution in [1.29, 1.82) is 5.26 Å². The van der Waals surface area contributed by atoms with E-state index in [-0.39, 0.29) is 5.91 Å². The van der Waals surface area contributed by atoms with Crippen LogP contribution in [-0.2, 0) is 5.75 Å². The summed E-state index contributed by atoms with van der Waals surface area (Å²) in [7, 11) is 0. The van der Waals surface area contributed by atoms with Gasteiger partial charge >= 0.3 is 0 Å². The van der Waals surface area contributed by atoms with Crippen LogP contribution in [0.4, 0.5) is 5.69 Å². The zero-order chi connectivity index (χ0) is 18.4. The van der Waals surface area contributed by atoms with Crippen LogP contribution in [0.25, 0.3) is 0 Å². The summed E-state index contributed by atoms with van der Waals surface area (Å²) in [6, 6.07) is 25.0. The second-order valence-corrected chi connectivity index (χ2v) is 6.93. The summed E-state index contributed by atoms with van der Waals surface area (Å²) in [4.78, 5) is 13.6. The topological polar surface area (TPSA) is 52.9 Å². The number of nitrogens with zero attached hydrogens (tertiary/aromatic N) is 1. The quantitative estimate of drug-likeness (QED) is 0.620. The molecule has 0 aromatic heterocycles. The first kappa shape index (κ1) is 17.8. The molecule has 0 aliphatic rings. The van der Waals surface area contributed by atoms with E-state index < -0.39 is 0 Å². The van der Waals surface area contributed by atoms with Crippen LogP contribution >= 0.6 is 11.8 Å². The van der Waals surface area contributed by atoms with Crippen molar-refractivity contribution in [3.63, 3.8) is 0 Å². The lowest BCUT2D eigenvalue weighted by Crippen LogP contribution is -2.12. The van der Waals surface area contributed by atoms with E-state index in [1.807, 2.05) is 79.7 Å². The molecule has 3 aromatic carbocycles. The number of hydrogen-bond donors (Lipinski definition) is 1. The molecule has 3 aromatic rings. The summed E-state index contributed by atoms with van der Waals surface area (Å²) in [5.74, 6) is 0.623. The molecule has 0 aliphatic heterocycles. The minimum atomic E-state index is -0.114. The van der Waals surface area contributed by atoms with Gasteiger partial charge < -0.3 is 5.32 Å². The first-order valence-electron chi connectivity index (χ1n) is 8.24. The maximum Gasteiger partial charge on any atom is 0.256 e. The van der Waals surface area contributed by atoms with Crippen LogP contribution in [0.5, 0.6) is 0 Å². The first-order valence-corrected chi connectivity index (χ1v) is 9.23. The van der Waals surface area contributed by atoms with Gasteiger partial charge in [-0.05, 0) is 48.9 Å². The summed E-state index contributed by atoms with van der Waals surface area (Å²) < 4.78 is 0. The number of carbonyl (C=O) groups is 1. The van der Waals surface area contributed by atoms with Gasteiger partial charge in [0.2, 0.25) is 0 Å². The minimum absolute atomic E-state index is 0.114. The van der Waals surface area contributed by atoms with Crippen molar-refractivity contribution in [1.82, 2.24) is 0 Å². The zero-order valence-electron chi connectivity index (χ0n) is 14.4. The normalized spacial score (nSPS) is 10.2.